The normalized spacial score (nSPS) is 21.3. The van der Waals surface area contributed by atoms with E-state index in [2.05, 4.69) is 20.1 Å². The number of aromatic hydroxyl groups is 1. The molecular weight excluding hydrogens is 496 g/mol. The number of ether oxygens (including phenoxy) is 1. The zero-order valence-electron chi connectivity index (χ0n) is 20.3. The molecule has 5 heterocycles. The molecule has 12 nitrogen and oxygen atoms in total. The first-order valence-corrected chi connectivity index (χ1v) is 13.0. The highest BCUT2D eigenvalue weighted by Crippen LogP contribution is 2.29. The Morgan fingerprint density at radius 3 is 2.73 bits per heavy atom. The van der Waals surface area contributed by atoms with Gasteiger partial charge in [-0.2, -0.15) is 14.6 Å². The number of carbonyl (C=O) groups excluding carboxylic acids is 1. The molecule has 37 heavy (non-hydrogen) atoms. The van der Waals surface area contributed by atoms with Gasteiger partial charge in [0, 0.05) is 24.9 Å². The number of rotatable bonds is 5. The van der Waals surface area contributed by atoms with Gasteiger partial charge >= 0.3 is 5.69 Å². The van der Waals surface area contributed by atoms with Gasteiger partial charge in [0.05, 0.1) is 28.2 Å². The van der Waals surface area contributed by atoms with E-state index in [4.69, 9.17) is 14.7 Å². The summed E-state index contributed by atoms with van der Waals surface area (Å²) in [6, 6.07) is 3.64. The molecule has 1 aliphatic carbocycles. The summed E-state index contributed by atoms with van der Waals surface area (Å²) in [6.07, 6.45) is 5.44. The highest BCUT2D eigenvalue weighted by atomic mass is 32.1. The number of nitrogens with zero attached hydrogens (tertiary/aromatic N) is 6. The fourth-order valence-electron chi connectivity index (χ4n) is 4.43. The molecule has 192 valence electrons. The van der Waals surface area contributed by atoms with Gasteiger partial charge < -0.3 is 19.7 Å². The van der Waals surface area contributed by atoms with E-state index in [0.717, 1.165) is 17.7 Å². The van der Waals surface area contributed by atoms with Crippen LogP contribution in [0.3, 0.4) is 0 Å². The van der Waals surface area contributed by atoms with Crippen LogP contribution in [0.15, 0.2) is 28.1 Å². The van der Waals surface area contributed by atoms with Crippen molar-refractivity contribution >= 4 is 29.0 Å². The van der Waals surface area contributed by atoms with Crippen LogP contribution in [0.1, 0.15) is 42.1 Å². The fraction of sp³-hybridized carbons (Fsp3) is 0.417. The molecule has 1 saturated heterocycles. The summed E-state index contributed by atoms with van der Waals surface area (Å²) in [5.74, 6) is 0.673. The lowest BCUT2D eigenvalue weighted by Crippen LogP contribution is -2.48. The molecule has 1 amide bonds. The largest absolute Gasteiger partial charge is 0.493 e. The van der Waals surface area contributed by atoms with Crippen molar-refractivity contribution in [1.29, 1.82) is 0 Å². The minimum Gasteiger partial charge on any atom is -0.493 e. The van der Waals surface area contributed by atoms with E-state index in [1.165, 1.54) is 11.3 Å². The number of fused-ring (bicyclic) bond motifs is 1. The van der Waals surface area contributed by atoms with Gasteiger partial charge in [-0.1, -0.05) is 0 Å². The summed E-state index contributed by atoms with van der Waals surface area (Å²) in [5, 5.41) is 15.0. The second-order valence-electron chi connectivity index (χ2n) is 9.58. The van der Waals surface area contributed by atoms with Crippen molar-refractivity contribution in [3.8, 4) is 16.6 Å². The van der Waals surface area contributed by atoms with E-state index in [9.17, 15) is 14.7 Å². The Morgan fingerprint density at radius 1 is 1.24 bits per heavy atom. The summed E-state index contributed by atoms with van der Waals surface area (Å²) in [5.41, 5.74) is 0.582. The molecule has 0 spiro atoms. The lowest BCUT2D eigenvalue weighted by Gasteiger charge is -2.35. The van der Waals surface area contributed by atoms with Crippen molar-refractivity contribution in [2.45, 2.75) is 38.9 Å². The second kappa shape index (κ2) is 9.23. The molecule has 2 fully saturated rings. The first-order chi connectivity index (χ1) is 17.8. The Kier molecular flexibility index (Phi) is 5.88. The van der Waals surface area contributed by atoms with Crippen molar-refractivity contribution in [3.05, 3.63) is 50.2 Å². The second-order valence-corrected chi connectivity index (χ2v) is 10.7. The van der Waals surface area contributed by atoms with Gasteiger partial charge in [0.25, 0.3) is 5.91 Å². The highest BCUT2D eigenvalue weighted by Gasteiger charge is 2.28. The fourth-order valence-corrected chi connectivity index (χ4v) is 5.33. The van der Waals surface area contributed by atoms with E-state index < -0.39 is 5.69 Å². The quantitative estimate of drug-likeness (QED) is 0.348. The highest BCUT2D eigenvalue weighted by molar-refractivity contribution is 7.17. The molecule has 1 saturated carbocycles. The van der Waals surface area contributed by atoms with E-state index in [0.29, 0.717) is 52.7 Å². The summed E-state index contributed by atoms with van der Waals surface area (Å²) in [7, 11) is 0. The Hall–Kier alpha value is -3.84. The Balaban J connectivity index is 1.41. The van der Waals surface area contributed by atoms with Gasteiger partial charge in [0.15, 0.2) is 11.5 Å². The number of aromatic nitrogens is 6. The van der Waals surface area contributed by atoms with Gasteiger partial charge in [0.1, 0.15) is 5.69 Å². The van der Waals surface area contributed by atoms with Crippen molar-refractivity contribution < 1.29 is 14.6 Å². The number of aromatic amines is 2. The molecule has 2 aliphatic rings. The van der Waals surface area contributed by atoms with Crippen molar-refractivity contribution in [2.75, 3.05) is 19.6 Å². The van der Waals surface area contributed by atoms with Crippen LogP contribution in [0.25, 0.3) is 22.4 Å². The maximum atomic E-state index is 13.2. The summed E-state index contributed by atoms with van der Waals surface area (Å²) in [6.45, 7) is 5.68. The third-order valence-electron chi connectivity index (χ3n) is 6.35. The molecule has 4 aromatic rings. The molecule has 4 aromatic heterocycles. The molecule has 0 bridgehead atoms. The van der Waals surface area contributed by atoms with E-state index in [1.54, 1.807) is 22.9 Å². The van der Waals surface area contributed by atoms with Crippen molar-refractivity contribution in [2.24, 2.45) is 10.9 Å². The first-order valence-electron chi connectivity index (χ1n) is 12.2. The molecule has 2 unspecified atom stereocenters. The molecule has 0 aromatic carbocycles. The molecule has 2 atom stereocenters. The molecule has 6 rings (SSSR count). The Bertz CT molecular complexity index is 1650. The lowest BCUT2D eigenvalue weighted by atomic mass is 10.2. The summed E-state index contributed by atoms with van der Waals surface area (Å²) in [4.78, 5) is 46.9. The van der Waals surface area contributed by atoms with Gasteiger partial charge in [-0.05, 0) is 50.8 Å². The minimum atomic E-state index is -0.518. The standard InChI is InChI=1S/C24H26N8O4S/c1-12-10-31(11-13(2)36-12)22(34)18-6-5-17(37-18)19-28-20-15(7-16-21(33)30-24(35)27-16)9-26-32(20)23(29-19)25-8-14-3-4-14/h5-7,9,12-14,33H,3-4,8,10-11H2,1-2H3,(H2,27,30,35). The monoisotopic (exact) mass is 522 g/mol. The zero-order chi connectivity index (χ0) is 25.7. The van der Waals surface area contributed by atoms with Gasteiger partial charge in [0.2, 0.25) is 11.5 Å². The van der Waals surface area contributed by atoms with Crippen LogP contribution in [-0.4, -0.2) is 77.3 Å². The summed E-state index contributed by atoms with van der Waals surface area (Å²) >= 11 is 1.33. The number of nitrogens with one attached hydrogen (secondary N) is 2. The smallest absolute Gasteiger partial charge is 0.326 e. The van der Waals surface area contributed by atoms with Crippen LogP contribution >= 0.6 is 11.3 Å². The number of morpholine rings is 1. The molecule has 13 heteroatoms. The lowest BCUT2D eigenvalue weighted by molar-refractivity contribution is -0.0585. The Labute approximate surface area is 214 Å². The summed E-state index contributed by atoms with van der Waals surface area (Å²) < 4.78 is 7.31. The number of hydrogen-bond acceptors (Lipinski definition) is 9. The average molecular weight is 523 g/mol. The van der Waals surface area contributed by atoms with Gasteiger partial charge in [-0.3, -0.25) is 9.78 Å². The van der Waals surface area contributed by atoms with Gasteiger partial charge in [-0.15, -0.1) is 11.3 Å². The van der Waals surface area contributed by atoms with Crippen molar-refractivity contribution in [3.63, 3.8) is 0 Å². The SMILES string of the molecule is CC1CN(C(=O)c2ccc(-c3nc(=NCC4CC4)n4ncc(=Cc5[nH]c(=O)[nH]c5O)c4n3)s2)CC(C)O1. The van der Waals surface area contributed by atoms with Crippen LogP contribution in [-0.2, 0) is 4.74 Å². The number of carbonyl (C=O) groups is 1. The number of hydrogen-bond donors (Lipinski definition) is 3. The molecule has 0 radical (unpaired) electrons. The number of thiophene rings is 1. The number of imidazole rings is 1. The third kappa shape index (κ3) is 4.79. The van der Waals surface area contributed by atoms with E-state index in [1.807, 2.05) is 24.8 Å². The van der Waals surface area contributed by atoms with Gasteiger partial charge in [-0.25, -0.2) is 14.8 Å². The van der Waals surface area contributed by atoms with Crippen molar-refractivity contribution in [1.82, 2.24) is 34.4 Å². The topological polar surface area (TPSA) is 154 Å². The number of amides is 1. The maximum Gasteiger partial charge on any atom is 0.326 e. The number of H-pyrrole nitrogens is 2. The first kappa shape index (κ1) is 23.6. The van der Waals surface area contributed by atoms with Crippen LogP contribution < -0.4 is 16.5 Å². The predicted molar refractivity (Wildman–Crippen MR) is 135 cm³/mol. The maximum absolute atomic E-state index is 13.2. The predicted octanol–water partition coefficient (Wildman–Crippen LogP) is 0.683. The Morgan fingerprint density at radius 2 is 2.03 bits per heavy atom. The zero-order valence-corrected chi connectivity index (χ0v) is 21.2. The molecule has 3 N–H and O–H groups in total. The molecule has 1 aliphatic heterocycles. The third-order valence-corrected chi connectivity index (χ3v) is 7.41. The van der Waals surface area contributed by atoms with Crippen LogP contribution in [0.4, 0.5) is 0 Å². The van der Waals surface area contributed by atoms with Crippen LogP contribution in [0.5, 0.6) is 5.88 Å². The van der Waals surface area contributed by atoms with E-state index in [-0.39, 0.29) is 29.7 Å². The molecular formula is C24H26N8O4S. The average Bonchev–Trinajstić information content (AvgIpc) is 3.24. The van der Waals surface area contributed by atoms with Crippen LogP contribution in [0.2, 0.25) is 0 Å². The van der Waals surface area contributed by atoms with E-state index >= 15 is 0 Å². The van der Waals surface area contributed by atoms with Crippen LogP contribution in [0, 0.1) is 5.92 Å². The minimum absolute atomic E-state index is 0.0144.